The second kappa shape index (κ2) is 7.18. The first-order valence-electron chi connectivity index (χ1n) is 6.36. The van der Waals surface area contributed by atoms with E-state index < -0.39 is 5.82 Å². The summed E-state index contributed by atoms with van der Waals surface area (Å²) >= 11 is 5.65. The van der Waals surface area contributed by atoms with E-state index in [1.54, 1.807) is 38.5 Å². The van der Waals surface area contributed by atoms with Crippen molar-refractivity contribution < 1.29 is 18.6 Å². The zero-order valence-electron chi connectivity index (χ0n) is 11.9. The average Bonchev–Trinajstić information content (AvgIpc) is 2.53. The number of hydrogen-bond acceptors (Lipinski definition) is 3. The molecule has 0 atom stereocenters. The first-order chi connectivity index (χ1) is 10.2. The van der Waals surface area contributed by atoms with Crippen molar-refractivity contribution in [2.75, 3.05) is 14.2 Å². The number of methoxy groups -OCH3 is 2. The number of benzene rings is 2. The molecule has 0 N–H and O–H groups in total. The van der Waals surface area contributed by atoms with Gasteiger partial charge in [0, 0.05) is 5.88 Å². The van der Waals surface area contributed by atoms with Gasteiger partial charge in [0.15, 0.2) is 23.1 Å². The number of ether oxygens (including phenoxy) is 3. The Kier molecular flexibility index (Phi) is 5.28. The van der Waals surface area contributed by atoms with Crippen molar-refractivity contribution >= 4 is 11.6 Å². The number of hydrogen-bond donors (Lipinski definition) is 0. The van der Waals surface area contributed by atoms with Gasteiger partial charge in [0.2, 0.25) is 0 Å². The van der Waals surface area contributed by atoms with Crippen LogP contribution in [0.1, 0.15) is 11.1 Å². The van der Waals surface area contributed by atoms with E-state index in [1.165, 1.54) is 6.07 Å². The molecule has 0 unspecified atom stereocenters. The average molecular weight is 311 g/mol. The van der Waals surface area contributed by atoms with Gasteiger partial charge in [-0.15, -0.1) is 11.6 Å². The predicted octanol–water partition coefficient (Wildman–Crippen LogP) is 4.16. The van der Waals surface area contributed by atoms with Crippen LogP contribution in [0.25, 0.3) is 0 Å². The van der Waals surface area contributed by atoms with Crippen LogP contribution in [0, 0.1) is 5.82 Å². The Labute approximate surface area is 128 Å². The highest BCUT2D eigenvalue weighted by molar-refractivity contribution is 6.17. The molecule has 0 amide bonds. The lowest BCUT2D eigenvalue weighted by Gasteiger charge is -2.11. The van der Waals surface area contributed by atoms with Crippen molar-refractivity contribution in [3.8, 4) is 17.2 Å². The van der Waals surface area contributed by atoms with E-state index in [4.69, 9.17) is 25.8 Å². The van der Waals surface area contributed by atoms with Crippen molar-refractivity contribution in [2.24, 2.45) is 0 Å². The van der Waals surface area contributed by atoms with E-state index in [1.807, 2.05) is 6.07 Å². The lowest BCUT2D eigenvalue weighted by molar-refractivity contribution is 0.288. The fourth-order valence-corrected chi connectivity index (χ4v) is 2.04. The molecule has 21 heavy (non-hydrogen) atoms. The van der Waals surface area contributed by atoms with Crippen LogP contribution in [0.5, 0.6) is 17.2 Å². The zero-order chi connectivity index (χ0) is 15.2. The molecular formula is C16H16ClFO3. The van der Waals surface area contributed by atoms with Crippen LogP contribution in [0.2, 0.25) is 0 Å². The van der Waals surface area contributed by atoms with Gasteiger partial charge < -0.3 is 14.2 Å². The zero-order valence-corrected chi connectivity index (χ0v) is 12.6. The molecule has 0 spiro atoms. The molecule has 112 valence electrons. The number of halogens is 2. The molecular weight excluding hydrogens is 295 g/mol. The summed E-state index contributed by atoms with van der Waals surface area (Å²) in [6, 6.07) is 10.1. The smallest absolute Gasteiger partial charge is 0.165 e. The van der Waals surface area contributed by atoms with Gasteiger partial charge in [0.25, 0.3) is 0 Å². The fourth-order valence-electron chi connectivity index (χ4n) is 1.88. The molecule has 2 rings (SSSR count). The first kappa shape index (κ1) is 15.4. The Morgan fingerprint density at radius 1 is 0.905 bits per heavy atom. The highest BCUT2D eigenvalue weighted by atomic mass is 35.5. The van der Waals surface area contributed by atoms with Gasteiger partial charge in [0.1, 0.15) is 6.61 Å². The minimum absolute atomic E-state index is 0.193. The van der Waals surface area contributed by atoms with Gasteiger partial charge in [-0.3, -0.25) is 0 Å². The highest BCUT2D eigenvalue weighted by Crippen LogP contribution is 2.28. The third-order valence-corrected chi connectivity index (χ3v) is 3.30. The minimum Gasteiger partial charge on any atom is -0.493 e. The van der Waals surface area contributed by atoms with Gasteiger partial charge in [-0.05, 0) is 35.4 Å². The lowest BCUT2D eigenvalue weighted by atomic mass is 10.2. The maximum absolute atomic E-state index is 13.8. The summed E-state index contributed by atoms with van der Waals surface area (Å²) < 4.78 is 29.6. The Morgan fingerprint density at radius 3 is 2.19 bits per heavy atom. The van der Waals surface area contributed by atoms with Crippen LogP contribution in [0.3, 0.4) is 0 Å². The molecule has 0 fully saturated rings. The molecule has 0 aliphatic carbocycles. The van der Waals surface area contributed by atoms with Crippen LogP contribution in [-0.4, -0.2) is 14.2 Å². The third kappa shape index (κ3) is 3.79. The topological polar surface area (TPSA) is 27.7 Å². The monoisotopic (exact) mass is 310 g/mol. The summed E-state index contributed by atoms with van der Waals surface area (Å²) in [6.07, 6.45) is 0. The van der Waals surface area contributed by atoms with Gasteiger partial charge in [-0.25, -0.2) is 4.39 Å². The fraction of sp³-hybridized carbons (Fsp3) is 0.250. The Hall–Kier alpha value is -1.94. The first-order valence-corrected chi connectivity index (χ1v) is 6.89. The molecule has 0 saturated heterocycles. The molecule has 0 radical (unpaired) electrons. The van der Waals surface area contributed by atoms with Crippen LogP contribution < -0.4 is 14.2 Å². The SMILES string of the molecule is COc1ccc(COc2ccc(CCl)cc2F)cc1OC. The van der Waals surface area contributed by atoms with E-state index in [-0.39, 0.29) is 18.2 Å². The van der Waals surface area contributed by atoms with Gasteiger partial charge >= 0.3 is 0 Å². The molecule has 2 aromatic carbocycles. The second-order valence-electron chi connectivity index (χ2n) is 4.38. The summed E-state index contributed by atoms with van der Waals surface area (Å²) in [4.78, 5) is 0. The van der Waals surface area contributed by atoms with Crippen molar-refractivity contribution in [3.05, 3.63) is 53.3 Å². The van der Waals surface area contributed by atoms with E-state index in [9.17, 15) is 4.39 Å². The summed E-state index contributed by atoms with van der Waals surface area (Å²) in [5, 5.41) is 0. The maximum atomic E-state index is 13.8. The van der Waals surface area contributed by atoms with Crippen molar-refractivity contribution in [2.45, 2.75) is 12.5 Å². The summed E-state index contributed by atoms with van der Waals surface area (Å²) in [7, 11) is 3.13. The van der Waals surface area contributed by atoms with E-state index >= 15 is 0 Å². The van der Waals surface area contributed by atoms with E-state index in [0.29, 0.717) is 17.1 Å². The summed E-state index contributed by atoms with van der Waals surface area (Å²) in [6.45, 7) is 0.234. The van der Waals surface area contributed by atoms with Crippen LogP contribution >= 0.6 is 11.6 Å². The lowest BCUT2D eigenvalue weighted by Crippen LogP contribution is -1.99. The second-order valence-corrected chi connectivity index (χ2v) is 4.64. The van der Waals surface area contributed by atoms with Gasteiger partial charge in [-0.2, -0.15) is 0 Å². The molecule has 0 aliphatic heterocycles. The number of rotatable bonds is 6. The van der Waals surface area contributed by atoms with E-state index in [0.717, 1.165) is 5.56 Å². The molecule has 0 saturated carbocycles. The Balaban J connectivity index is 2.09. The van der Waals surface area contributed by atoms with Gasteiger partial charge in [0.05, 0.1) is 14.2 Å². The molecule has 0 heterocycles. The number of alkyl halides is 1. The minimum atomic E-state index is -0.423. The Morgan fingerprint density at radius 2 is 1.57 bits per heavy atom. The van der Waals surface area contributed by atoms with Gasteiger partial charge in [-0.1, -0.05) is 12.1 Å². The van der Waals surface area contributed by atoms with Crippen molar-refractivity contribution in [1.29, 1.82) is 0 Å². The van der Waals surface area contributed by atoms with Crippen LogP contribution in [0.15, 0.2) is 36.4 Å². The van der Waals surface area contributed by atoms with Crippen LogP contribution in [0.4, 0.5) is 4.39 Å². The standard InChI is InChI=1S/C16H16ClFO3/c1-19-15-6-4-12(8-16(15)20-2)10-21-14-5-3-11(9-17)7-13(14)18/h3-8H,9-10H2,1-2H3. The molecule has 0 bridgehead atoms. The van der Waals surface area contributed by atoms with Crippen molar-refractivity contribution in [3.63, 3.8) is 0 Å². The van der Waals surface area contributed by atoms with Crippen LogP contribution in [-0.2, 0) is 12.5 Å². The summed E-state index contributed by atoms with van der Waals surface area (Å²) in [5.74, 6) is 1.29. The maximum Gasteiger partial charge on any atom is 0.165 e. The summed E-state index contributed by atoms with van der Waals surface area (Å²) in [5.41, 5.74) is 1.57. The predicted molar refractivity (Wildman–Crippen MR) is 79.8 cm³/mol. The van der Waals surface area contributed by atoms with E-state index in [2.05, 4.69) is 0 Å². The molecule has 3 nitrogen and oxygen atoms in total. The van der Waals surface area contributed by atoms with Crippen molar-refractivity contribution in [1.82, 2.24) is 0 Å². The molecule has 0 aromatic heterocycles. The Bertz CT molecular complexity index is 616. The normalized spacial score (nSPS) is 10.3. The molecule has 0 aliphatic rings. The molecule has 2 aromatic rings. The largest absolute Gasteiger partial charge is 0.493 e. The quantitative estimate of drug-likeness (QED) is 0.750. The highest BCUT2D eigenvalue weighted by Gasteiger charge is 2.07. The third-order valence-electron chi connectivity index (χ3n) is 2.99. The molecule has 5 heteroatoms.